The van der Waals surface area contributed by atoms with Gasteiger partial charge in [-0.3, -0.25) is 4.79 Å². The van der Waals surface area contributed by atoms with E-state index in [0.29, 0.717) is 12.1 Å². The van der Waals surface area contributed by atoms with Crippen molar-refractivity contribution in [3.8, 4) is 0 Å². The van der Waals surface area contributed by atoms with Gasteiger partial charge >= 0.3 is 0 Å². The lowest BCUT2D eigenvalue weighted by Crippen LogP contribution is -2.36. The first kappa shape index (κ1) is 18.9. The molecule has 0 fully saturated rings. The first-order valence-electron chi connectivity index (χ1n) is 9.21. The minimum atomic E-state index is -0.197. The van der Waals surface area contributed by atoms with Gasteiger partial charge in [-0.15, -0.1) is 0 Å². The van der Waals surface area contributed by atoms with E-state index in [0.717, 1.165) is 40.1 Å². The lowest BCUT2D eigenvalue weighted by Gasteiger charge is -2.27. The molecule has 0 aliphatic carbocycles. The molecule has 0 spiro atoms. The first-order valence-corrected chi connectivity index (χ1v) is 9.21. The fourth-order valence-corrected chi connectivity index (χ4v) is 3.26. The predicted octanol–water partition coefficient (Wildman–Crippen LogP) is 5.42. The van der Waals surface area contributed by atoms with Crippen LogP contribution in [0.4, 0.5) is 15.8 Å². The van der Waals surface area contributed by atoms with Gasteiger partial charge in [-0.1, -0.05) is 31.2 Å². The summed E-state index contributed by atoms with van der Waals surface area (Å²) in [4.78, 5) is 13.7. The average Bonchev–Trinajstić information content (AvgIpc) is 2.67. The molecule has 1 aliphatic rings. The number of aryl methyl sites for hydroxylation is 1. The number of allylic oxidation sites excluding steroid dienone is 4. The van der Waals surface area contributed by atoms with Crippen LogP contribution < -0.4 is 10.2 Å². The number of carbonyl (C=O) groups excluding carboxylic acids is 1. The summed E-state index contributed by atoms with van der Waals surface area (Å²) in [5, 5.41) is 3.16. The van der Waals surface area contributed by atoms with Crippen molar-refractivity contribution in [2.45, 2.75) is 27.2 Å². The second-order valence-corrected chi connectivity index (χ2v) is 6.85. The number of fused-ring (bicyclic) bond motifs is 1. The van der Waals surface area contributed by atoms with Crippen LogP contribution in [0.5, 0.6) is 0 Å². The molecule has 4 heteroatoms. The van der Waals surface area contributed by atoms with Gasteiger partial charge in [-0.05, 0) is 72.4 Å². The lowest BCUT2D eigenvalue weighted by molar-refractivity contribution is -0.116. The molecule has 0 unspecified atom stereocenters. The SMILES string of the molecule is CC/C=C\C(=C(/C)c1ccc(F)c(C)c1)c1ccc2c(c1)N(C)C(=O)CN2. The Morgan fingerprint density at radius 3 is 2.67 bits per heavy atom. The third-order valence-corrected chi connectivity index (χ3v) is 4.99. The predicted molar refractivity (Wildman–Crippen MR) is 111 cm³/mol. The minimum Gasteiger partial charge on any atom is -0.374 e. The Hall–Kier alpha value is -2.88. The van der Waals surface area contributed by atoms with Gasteiger partial charge in [0.25, 0.3) is 0 Å². The first-order chi connectivity index (χ1) is 12.9. The number of hydrogen-bond donors (Lipinski definition) is 1. The Morgan fingerprint density at radius 2 is 1.96 bits per heavy atom. The van der Waals surface area contributed by atoms with E-state index in [-0.39, 0.29) is 11.7 Å². The maximum Gasteiger partial charge on any atom is 0.246 e. The van der Waals surface area contributed by atoms with Gasteiger partial charge in [0.05, 0.1) is 17.9 Å². The van der Waals surface area contributed by atoms with Crippen LogP contribution in [-0.4, -0.2) is 19.5 Å². The summed E-state index contributed by atoms with van der Waals surface area (Å²) >= 11 is 0. The van der Waals surface area contributed by atoms with Gasteiger partial charge in [-0.25, -0.2) is 4.39 Å². The summed E-state index contributed by atoms with van der Waals surface area (Å²) in [6.07, 6.45) is 5.14. The van der Waals surface area contributed by atoms with Gasteiger partial charge in [0, 0.05) is 7.05 Å². The van der Waals surface area contributed by atoms with Crippen LogP contribution in [0.15, 0.2) is 48.6 Å². The zero-order chi connectivity index (χ0) is 19.6. The number of rotatable bonds is 4. The number of likely N-dealkylation sites (N-methyl/N-ethyl adjacent to an activating group) is 1. The normalized spacial score (nSPS) is 14.9. The van der Waals surface area contributed by atoms with Crippen molar-refractivity contribution in [1.29, 1.82) is 0 Å². The van der Waals surface area contributed by atoms with E-state index < -0.39 is 0 Å². The molecule has 1 heterocycles. The Kier molecular flexibility index (Phi) is 5.45. The van der Waals surface area contributed by atoms with Gasteiger partial charge in [0.2, 0.25) is 5.91 Å². The smallest absolute Gasteiger partial charge is 0.246 e. The molecule has 1 amide bonds. The largest absolute Gasteiger partial charge is 0.374 e. The van der Waals surface area contributed by atoms with Crippen molar-refractivity contribution in [2.24, 2.45) is 0 Å². The van der Waals surface area contributed by atoms with Gasteiger partial charge in [-0.2, -0.15) is 0 Å². The topological polar surface area (TPSA) is 32.3 Å². The van der Waals surface area contributed by atoms with E-state index in [1.165, 1.54) is 6.07 Å². The molecule has 140 valence electrons. The molecule has 3 rings (SSSR count). The Morgan fingerprint density at radius 1 is 1.22 bits per heavy atom. The summed E-state index contributed by atoms with van der Waals surface area (Å²) in [6.45, 7) is 6.23. The third kappa shape index (κ3) is 3.80. The van der Waals surface area contributed by atoms with E-state index in [1.54, 1.807) is 18.9 Å². The van der Waals surface area contributed by atoms with Crippen molar-refractivity contribution in [1.82, 2.24) is 0 Å². The molecule has 0 atom stereocenters. The molecule has 0 bridgehead atoms. The number of nitrogens with zero attached hydrogens (tertiary/aromatic N) is 1. The molecule has 1 N–H and O–H groups in total. The molecule has 2 aromatic carbocycles. The van der Waals surface area contributed by atoms with Crippen LogP contribution in [0, 0.1) is 12.7 Å². The molecular weight excluding hydrogens is 339 g/mol. The van der Waals surface area contributed by atoms with Crippen molar-refractivity contribution in [2.75, 3.05) is 23.8 Å². The maximum atomic E-state index is 13.7. The van der Waals surface area contributed by atoms with Gasteiger partial charge < -0.3 is 10.2 Å². The van der Waals surface area contributed by atoms with E-state index in [2.05, 4.69) is 37.4 Å². The van der Waals surface area contributed by atoms with Crippen molar-refractivity contribution >= 4 is 28.4 Å². The fraction of sp³-hybridized carbons (Fsp3) is 0.261. The highest BCUT2D eigenvalue weighted by molar-refractivity contribution is 6.04. The number of halogens is 1. The Balaban J connectivity index is 2.14. The molecule has 1 aliphatic heterocycles. The molecule has 0 saturated carbocycles. The Labute approximate surface area is 160 Å². The standard InChI is InChI=1S/C23H25FN2O/c1-5-6-7-19(16(3)17-8-10-20(24)15(2)12-17)18-9-11-21-22(13-18)26(4)23(27)14-25-21/h6-13,25H,5,14H2,1-4H3/b7-6-,19-16-. The highest BCUT2D eigenvalue weighted by atomic mass is 19.1. The zero-order valence-corrected chi connectivity index (χ0v) is 16.3. The van der Waals surface area contributed by atoms with Crippen molar-refractivity contribution < 1.29 is 9.18 Å². The summed E-state index contributed by atoms with van der Waals surface area (Å²) in [5.41, 5.74) is 6.61. The highest BCUT2D eigenvalue weighted by Crippen LogP contribution is 2.35. The molecule has 2 aromatic rings. The lowest BCUT2D eigenvalue weighted by atomic mass is 9.93. The van der Waals surface area contributed by atoms with E-state index >= 15 is 0 Å². The van der Waals surface area contributed by atoms with Gasteiger partial charge in [0.15, 0.2) is 0 Å². The second-order valence-electron chi connectivity index (χ2n) is 6.85. The number of amides is 1. The van der Waals surface area contributed by atoms with E-state index in [1.807, 2.05) is 24.3 Å². The second kappa shape index (κ2) is 7.78. The number of carbonyl (C=O) groups is 1. The Bertz CT molecular complexity index is 943. The average molecular weight is 364 g/mol. The minimum absolute atomic E-state index is 0.0418. The highest BCUT2D eigenvalue weighted by Gasteiger charge is 2.21. The van der Waals surface area contributed by atoms with Crippen LogP contribution in [-0.2, 0) is 4.79 Å². The van der Waals surface area contributed by atoms with Crippen LogP contribution in [0.2, 0.25) is 0 Å². The zero-order valence-electron chi connectivity index (χ0n) is 16.3. The number of anilines is 2. The molecule has 27 heavy (non-hydrogen) atoms. The van der Waals surface area contributed by atoms with E-state index in [9.17, 15) is 9.18 Å². The van der Waals surface area contributed by atoms with Crippen LogP contribution in [0.25, 0.3) is 11.1 Å². The quantitative estimate of drug-likeness (QED) is 0.580. The van der Waals surface area contributed by atoms with E-state index in [4.69, 9.17) is 0 Å². The van der Waals surface area contributed by atoms with Gasteiger partial charge in [0.1, 0.15) is 5.82 Å². The molecule has 0 radical (unpaired) electrons. The van der Waals surface area contributed by atoms with Crippen LogP contribution in [0.1, 0.15) is 37.0 Å². The third-order valence-electron chi connectivity index (χ3n) is 4.99. The summed E-state index contributed by atoms with van der Waals surface area (Å²) in [5.74, 6) is -0.155. The molecule has 0 aromatic heterocycles. The summed E-state index contributed by atoms with van der Waals surface area (Å²) < 4.78 is 13.7. The molecular formula is C23H25FN2O. The molecule has 3 nitrogen and oxygen atoms in total. The summed E-state index contributed by atoms with van der Waals surface area (Å²) in [7, 11) is 1.80. The van der Waals surface area contributed by atoms with Crippen LogP contribution in [0.3, 0.4) is 0 Å². The monoisotopic (exact) mass is 364 g/mol. The summed E-state index contributed by atoms with van der Waals surface area (Å²) in [6, 6.07) is 11.3. The number of nitrogens with one attached hydrogen (secondary N) is 1. The van der Waals surface area contributed by atoms with Crippen LogP contribution >= 0.6 is 0 Å². The fourth-order valence-electron chi connectivity index (χ4n) is 3.26. The number of hydrogen-bond acceptors (Lipinski definition) is 2. The maximum absolute atomic E-state index is 13.7. The van der Waals surface area contributed by atoms with Crippen molar-refractivity contribution in [3.63, 3.8) is 0 Å². The molecule has 0 saturated heterocycles. The number of benzene rings is 2. The van der Waals surface area contributed by atoms with Crippen molar-refractivity contribution in [3.05, 3.63) is 71.1 Å².